The maximum absolute atomic E-state index is 12.9. The maximum Gasteiger partial charge on any atom is 0.211 e. The number of ketones is 1. The number of rotatable bonds is 2. The molecule has 2 aromatic heterocycles. The van der Waals surface area contributed by atoms with E-state index in [4.69, 9.17) is 4.42 Å². The van der Waals surface area contributed by atoms with Gasteiger partial charge in [-0.2, -0.15) is 0 Å². The van der Waals surface area contributed by atoms with Crippen LogP contribution in [0.15, 0.2) is 93.1 Å². The van der Waals surface area contributed by atoms with E-state index < -0.39 is 15.6 Å². The molecular formula is C26H17NO4S. The lowest BCUT2D eigenvalue weighted by molar-refractivity contribution is 0.104. The summed E-state index contributed by atoms with van der Waals surface area (Å²) in [6.45, 7) is 0. The largest absolute Gasteiger partial charge is 0.454 e. The normalized spacial score (nSPS) is 16.3. The second-order valence-corrected chi connectivity index (χ2v) is 9.74. The van der Waals surface area contributed by atoms with Crippen molar-refractivity contribution in [3.63, 3.8) is 0 Å². The van der Waals surface area contributed by atoms with Crippen LogP contribution in [0, 0.1) is 0 Å². The number of carbonyl (C=O) groups excluding carboxylic acids is 1. The zero-order chi connectivity index (χ0) is 22.0. The lowest BCUT2D eigenvalue weighted by atomic mass is 10.0. The highest BCUT2D eigenvalue weighted by Crippen LogP contribution is 2.37. The first kappa shape index (κ1) is 18.8. The number of fused-ring (bicyclic) bond motifs is 3. The van der Waals surface area contributed by atoms with Gasteiger partial charge in [0.15, 0.2) is 5.58 Å². The molecule has 0 spiro atoms. The minimum absolute atomic E-state index is 0.0624. The van der Waals surface area contributed by atoms with Crippen LogP contribution in [0.2, 0.25) is 0 Å². The van der Waals surface area contributed by atoms with Crippen molar-refractivity contribution in [2.45, 2.75) is 4.90 Å². The molecule has 0 N–H and O–H groups in total. The fourth-order valence-corrected chi connectivity index (χ4v) is 5.96. The first-order chi connectivity index (χ1) is 15.4. The molecule has 5 aromatic rings. The minimum Gasteiger partial charge on any atom is -0.454 e. The average molecular weight is 439 g/mol. The van der Waals surface area contributed by atoms with E-state index in [0.717, 1.165) is 27.6 Å². The Kier molecular flexibility index (Phi) is 3.85. The fraction of sp³-hybridized carbons (Fsp3) is 0.0385. The molecule has 156 valence electrons. The number of allylic oxidation sites excluding steroid dienone is 1. The van der Waals surface area contributed by atoms with Gasteiger partial charge in [-0.1, -0.05) is 54.6 Å². The van der Waals surface area contributed by atoms with Crippen LogP contribution >= 0.6 is 0 Å². The van der Waals surface area contributed by atoms with E-state index in [0.29, 0.717) is 11.3 Å². The van der Waals surface area contributed by atoms with Crippen molar-refractivity contribution in [1.29, 1.82) is 0 Å². The van der Waals surface area contributed by atoms with Gasteiger partial charge in [-0.05, 0) is 29.0 Å². The quantitative estimate of drug-likeness (QED) is 0.336. The Morgan fingerprint density at radius 1 is 0.875 bits per heavy atom. The van der Waals surface area contributed by atoms with Gasteiger partial charge in [0, 0.05) is 36.0 Å². The van der Waals surface area contributed by atoms with Gasteiger partial charge in [0.1, 0.15) is 10.7 Å². The topological polar surface area (TPSA) is 69.3 Å². The Bertz CT molecular complexity index is 1710. The highest BCUT2D eigenvalue weighted by molar-refractivity contribution is 7.97. The third kappa shape index (κ3) is 2.56. The molecule has 0 saturated heterocycles. The van der Waals surface area contributed by atoms with Crippen LogP contribution < -0.4 is 0 Å². The summed E-state index contributed by atoms with van der Waals surface area (Å²) in [4.78, 5) is 12.6. The van der Waals surface area contributed by atoms with Crippen LogP contribution in [0.3, 0.4) is 0 Å². The average Bonchev–Trinajstić information content (AvgIpc) is 3.40. The maximum atomic E-state index is 12.9. The van der Waals surface area contributed by atoms with Gasteiger partial charge in [-0.3, -0.25) is 4.79 Å². The Labute approximate surface area is 184 Å². The van der Waals surface area contributed by atoms with Crippen LogP contribution in [0.1, 0.15) is 16.1 Å². The number of hydrogen-bond acceptors (Lipinski definition) is 4. The molecule has 0 unspecified atom stereocenters. The highest BCUT2D eigenvalue weighted by Gasteiger charge is 2.39. The molecular weight excluding hydrogens is 422 g/mol. The van der Waals surface area contributed by atoms with Crippen molar-refractivity contribution in [1.82, 2.24) is 4.57 Å². The van der Waals surface area contributed by atoms with Gasteiger partial charge >= 0.3 is 0 Å². The molecule has 6 rings (SSSR count). The number of carbonyl (C=O) groups is 1. The third-order valence-corrected chi connectivity index (χ3v) is 7.85. The van der Waals surface area contributed by atoms with Crippen LogP contribution in [0.25, 0.3) is 39.3 Å². The highest BCUT2D eigenvalue weighted by atomic mass is 32.2. The van der Waals surface area contributed by atoms with E-state index >= 15 is 0 Å². The molecule has 3 heterocycles. The molecule has 0 radical (unpaired) electrons. The number of nitrogens with zero attached hydrogens (tertiary/aromatic N) is 1. The van der Waals surface area contributed by atoms with Crippen molar-refractivity contribution in [3.8, 4) is 11.3 Å². The molecule has 0 atom stereocenters. The Hall–Kier alpha value is -3.90. The van der Waals surface area contributed by atoms with Crippen LogP contribution in [0.5, 0.6) is 0 Å². The van der Waals surface area contributed by atoms with Crippen molar-refractivity contribution < 1.29 is 17.6 Å². The number of aromatic nitrogens is 1. The van der Waals surface area contributed by atoms with Crippen LogP contribution in [-0.2, 0) is 16.9 Å². The number of Topliss-reactive ketones (excluding diaryl/α,β-unsaturated/α-hetero) is 1. The lowest BCUT2D eigenvalue weighted by Gasteiger charge is -2.04. The molecule has 0 saturated carbocycles. The van der Waals surface area contributed by atoms with E-state index in [1.807, 2.05) is 41.9 Å². The minimum atomic E-state index is -3.84. The zero-order valence-electron chi connectivity index (χ0n) is 17.1. The molecule has 0 fully saturated rings. The summed E-state index contributed by atoms with van der Waals surface area (Å²) in [7, 11) is -2.01. The molecule has 0 amide bonds. The molecule has 1 aliphatic rings. The Morgan fingerprint density at radius 2 is 1.59 bits per heavy atom. The Balaban J connectivity index is 1.47. The SMILES string of the molecule is Cn1c(/C=C2/C(=O)c3ccccc3S2(=O)=O)cc2oc(-c3cccc4ccccc34)cc21. The molecule has 3 aromatic carbocycles. The monoisotopic (exact) mass is 439 g/mol. The van der Waals surface area contributed by atoms with Crippen LogP contribution in [-0.4, -0.2) is 18.8 Å². The second kappa shape index (κ2) is 6.55. The van der Waals surface area contributed by atoms with E-state index in [9.17, 15) is 13.2 Å². The van der Waals surface area contributed by atoms with Crippen molar-refractivity contribution in [2.75, 3.05) is 0 Å². The number of sulfone groups is 1. The summed E-state index contributed by atoms with van der Waals surface area (Å²) < 4.78 is 33.8. The number of hydrogen-bond donors (Lipinski definition) is 0. The zero-order valence-corrected chi connectivity index (χ0v) is 17.9. The van der Waals surface area contributed by atoms with E-state index in [1.54, 1.807) is 24.3 Å². The molecule has 0 aliphatic carbocycles. The Morgan fingerprint density at radius 3 is 2.41 bits per heavy atom. The molecule has 0 bridgehead atoms. The predicted molar refractivity (Wildman–Crippen MR) is 124 cm³/mol. The number of benzene rings is 3. The fourth-order valence-electron chi connectivity index (χ4n) is 4.38. The van der Waals surface area contributed by atoms with E-state index in [-0.39, 0.29) is 15.4 Å². The van der Waals surface area contributed by atoms with Gasteiger partial charge in [-0.25, -0.2) is 8.42 Å². The lowest BCUT2D eigenvalue weighted by Crippen LogP contribution is -2.03. The van der Waals surface area contributed by atoms with Gasteiger partial charge in [0.25, 0.3) is 0 Å². The second-order valence-electron chi connectivity index (χ2n) is 7.85. The van der Waals surface area contributed by atoms with Crippen molar-refractivity contribution in [3.05, 3.63) is 95.0 Å². The molecule has 1 aliphatic heterocycles. The first-order valence-corrected chi connectivity index (χ1v) is 11.6. The smallest absolute Gasteiger partial charge is 0.211 e. The van der Waals surface area contributed by atoms with Crippen molar-refractivity contribution >= 4 is 43.6 Å². The number of furan rings is 1. The summed E-state index contributed by atoms with van der Waals surface area (Å²) in [5.74, 6) is 0.258. The first-order valence-electron chi connectivity index (χ1n) is 10.1. The summed E-state index contributed by atoms with van der Waals surface area (Å²) in [5.41, 5.74) is 3.24. The summed E-state index contributed by atoms with van der Waals surface area (Å²) in [6.07, 6.45) is 1.44. The molecule has 6 heteroatoms. The third-order valence-electron chi connectivity index (χ3n) is 6.04. The van der Waals surface area contributed by atoms with Gasteiger partial charge in [0.2, 0.25) is 15.6 Å². The molecule has 5 nitrogen and oxygen atoms in total. The summed E-state index contributed by atoms with van der Waals surface area (Å²) >= 11 is 0. The van der Waals surface area contributed by atoms with E-state index in [2.05, 4.69) is 18.2 Å². The van der Waals surface area contributed by atoms with Crippen molar-refractivity contribution in [2.24, 2.45) is 7.05 Å². The summed E-state index contributed by atoms with van der Waals surface area (Å²) in [6, 6.07) is 24.2. The molecule has 32 heavy (non-hydrogen) atoms. The standard InChI is InChI=1S/C26H17NO4S/c1-27-17(14-25-26(28)20-10-4-5-12-24(20)32(25,29)30)13-23-21(27)15-22(31-23)19-11-6-8-16-7-2-3-9-18(16)19/h2-15H,1H3/b25-14-. The number of aryl methyl sites for hydroxylation is 1. The van der Waals surface area contributed by atoms with Gasteiger partial charge in [0.05, 0.1) is 10.4 Å². The van der Waals surface area contributed by atoms with E-state index in [1.165, 1.54) is 12.1 Å². The van der Waals surface area contributed by atoms with Crippen LogP contribution in [0.4, 0.5) is 0 Å². The van der Waals surface area contributed by atoms with Gasteiger partial charge in [-0.15, -0.1) is 0 Å². The predicted octanol–water partition coefficient (Wildman–Crippen LogP) is 5.60. The van der Waals surface area contributed by atoms with Gasteiger partial charge < -0.3 is 8.98 Å². The summed E-state index contributed by atoms with van der Waals surface area (Å²) in [5, 5.41) is 2.22.